The number of hydrazone groups is 1. The molecule has 6 aromatic rings. The van der Waals surface area contributed by atoms with E-state index in [1.807, 2.05) is 103 Å². The summed E-state index contributed by atoms with van der Waals surface area (Å²) in [7, 11) is 0. The Bertz CT molecular complexity index is 1820. The first-order valence-corrected chi connectivity index (χ1v) is 16.1. The molecule has 1 N–H and O–H groups in total. The SMILES string of the molecule is O=C(N/N=C\c1cc(I)c(OCc2ccccc2)c(I)c1)c1ccc(-n2c(-c3ccccc3)ccc2-c2ccccc2)cc1. The number of benzene rings is 5. The highest BCUT2D eigenvalue weighted by Gasteiger charge is 2.15. The lowest BCUT2D eigenvalue weighted by atomic mass is 10.1. The van der Waals surface area contributed by atoms with Crippen LogP contribution < -0.4 is 10.2 Å². The number of nitrogens with one attached hydrogen (secondary N) is 1. The fraction of sp³-hybridized carbons (Fsp3) is 0.0270. The zero-order chi connectivity index (χ0) is 30.3. The second-order valence-corrected chi connectivity index (χ2v) is 12.3. The fourth-order valence-electron chi connectivity index (χ4n) is 4.90. The van der Waals surface area contributed by atoms with Crippen molar-refractivity contribution < 1.29 is 9.53 Å². The van der Waals surface area contributed by atoms with E-state index in [0.717, 1.165) is 52.2 Å². The van der Waals surface area contributed by atoms with Crippen molar-refractivity contribution in [3.05, 3.63) is 163 Å². The molecule has 6 rings (SSSR count). The summed E-state index contributed by atoms with van der Waals surface area (Å²) in [6.07, 6.45) is 1.65. The monoisotopic (exact) mass is 799 g/mol. The van der Waals surface area contributed by atoms with Gasteiger partial charge in [-0.3, -0.25) is 4.79 Å². The number of hydrogen-bond donors (Lipinski definition) is 1. The molecule has 1 amide bonds. The molecule has 5 aromatic carbocycles. The van der Waals surface area contributed by atoms with E-state index in [-0.39, 0.29) is 5.91 Å². The lowest BCUT2D eigenvalue weighted by Gasteiger charge is -2.15. The van der Waals surface area contributed by atoms with Crippen molar-refractivity contribution in [2.45, 2.75) is 6.61 Å². The number of carbonyl (C=O) groups excluding carboxylic acids is 1. The summed E-state index contributed by atoms with van der Waals surface area (Å²) in [5.41, 5.74) is 10.5. The van der Waals surface area contributed by atoms with Gasteiger partial charge in [-0.1, -0.05) is 91.0 Å². The predicted molar refractivity (Wildman–Crippen MR) is 194 cm³/mol. The molecule has 0 aliphatic heterocycles. The number of carbonyl (C=O) groups is 1. The molecule has 0 aliphatic carbocycles. The van der Waals surface area contributed by atoms with Crippen molar-refractivity contribution in [3.8, 4) is 34.0 Å². The van der Waals surface area contributed by atoms with E-state index < -0.39 is 0 Å². The van der Waals surface area contributed by atoms with Crippen molar-refractivity contribution in [1.82, 2.24) is 9.99 Å². The van der Waals surface area contributed by atoms with Gasteiger partial charge in [-0.15, -0.1) is 0 Å². The Kier molecular flexibility index (Phi) is 9.52. The molecule has 0 bridgehead atoms. The van der Waals surface area contributed by atoms with Crippen LogP contribution in [-0.2, 0) is 6.61 Å². The normalized spacial score (nSPS) is 11.0. The van der Waals surface area contributed by atoms with Gasteiger partial charge in [0.15, 0.2) is 0 Å². The lowest BCUT2D eigenvalue weighted by molar-refractivity contribution is 0.0955. The Morgan fingerprint density at radius 2 is 1.23 bits per heavy atom. The van der Waals surface area contributed by atoms with Gasteiger partial charge in [0, 0.05) is 11.3 Å². The molecule has 0 saturated heterocycles. The Balaban J connectivity index is 1.17. The average Bonchev–Trinajstić information content (AvgIpc) is 3.51. The molecule has 0 spiro atoms. The van der Waals surface area contributed by atoms with Gasteiger partial charge in [-0.2, -0.15) is 5.10 Å². The number of ether oxygens (including phenoxy) is 1. The van der Waals surface area contributed by atoms with E-state index in [2.05, 4.69) is 96.7 Å². The van der Waals surface area contributed by atoms with Gasteiger partial charge in [0.05, 0.1) is 24.7 Å². The van der Waals surface area contributed by atoms with Crippen LogP contribution in [0.3, 0.4) is 0 Å². The van der Waals surface area contributed by atoms with E-state index in [4.69, 9.17) is 4.74 Å². The number of hydrogen-bond acceptors (Lipinski definition) is 3. The maximum absolute atomic E-state index is 13.0. The van der Waals surface area contributed by atoms with E-state index >= 15 is 0 Å². The average molecular weight is 799 g/mol. The molecule has 0 atom stereocenters. The van der Waals surface area contributed by atoms with Crippen molar-refractivity contribution in [1.29, 1.82) is 0 Å². The number of aromatic nitrogens is 1. The minimum Gasteiger partial charge on any atom is -0.487 e. The molecule has 5 nitrogen and oxygen atoms in total. The molecular weight excluding hydrogens is 772 g/mol. The van der Waals surface area contributed by atoms with Crippen LogP contribution in [0.25, 0.3) is 28.2 Å². The van der Waals surface area contributed by atoms with E-state index in [9.17, 15) is 4.79 Å². The van der Waals surface area contributed by atoms with E-state index in [1.54, 1.807) is 6.21 Å². The highest BCUT2D eigenvalue weighted by atomic mass is 127. The number of rotatable bonds is 9. The smallest absolute Gasteiger partial charge is 0.271 e. The predicted octanol–water partition coefficient (Wildman–Crippen LogP) is 9.36. The fourth-order valence-corrected chi connectivity index (χ4v) is 7.02. The molecule has 0 saturated carbocycles. The second-order valence-electron chi connectivity index (χ2n) is 10.0. The molecule has 0 unspecified atom stereocenters. The molecule has 0 fully saturated rings. The Morgan fingerprint density at radius 1 is 0.705 bits per heavy atom. The first kappa shape index (κ1) is 29.8. The van der Waals surface area contributed by atoms with Crippen LogP contribution in [0.15, 0.2) is 145 Å². The summed E-state index contributed by atoms with van der Waals surface area (Å²) in [5, 5.41) is 4.23. The van der Waals surface area contributed by atoms with Gasteiger partial charge >= 0.3 is 0 Å². The van der Waals surface area contributed by atoms with Crippen LogP contribution in [0, 0.1) is 7.14 Å². The summed E-state index contributed by atoms with van der Waals surface area (Å²) in [6, 6.07) is 46.5. The van der Waals surface area contributed by atoms with Gasteiger partial charge in [-0.05, 0) is 116 Å². The maximum atomic E-state index is 13.0. The summed E-state index contributed by atoms with van der Waals surface area (Å²) >= 11 is 4.53. The summed E-state index contributed by atoms with van der Waals surface area (Å²) in [5.74, 6) is 0.559. The van der Waals surface area contributed by atoms with E-state index in [0.29, 0.717) is 12.2 Å². The van der Waals surface area contributed by atoms with Crippen LogP contribution in [-0.4, -0.2) is 16.7 Å². The molecule has 216 valence electrons. The summed E-state index contributed by atoms with van der Waals surface area (Å²) in [4.78, 5) is 13.0. The van der Waals surface area contributed by atoms with Crippen LogP contribution in [0.5, 0.6) is 5.75 Å². The number of halogens is 2. The van der Waals surface area contributed by atoms with Gasteiger partial charge in [0.2, 0.25) is 0 Å². The first-order valence-electron chi connectivity index (χ1n) is 14.0. The Morgan fingerprint density at radius 3 is 1.77 bits per heavy atom. The molecule has 44 heavy (non-hydrogen) atoms. The molecule has 0 radical (unpaired) electrons. The van der Waals surface area contributed by atoms with Crippen molar-refractivity contribution in [2.24, 2.45) is 5.10 Å². The van der Waals surface area contributed by atoms with Crippen molar-refractivity contribution in [2.75, 3.05) is 0 Å². The lowest BCUT2D eigenvalue weighted by Crippen LogP contribution is -2.17. The topological polar surface area (TPSA) is 55.6 Å². The number of nitrogens with zero attached hydrogens (tertiary/aromatic N) is 2. The largest absolute Gasteiger partial charge is 0.487 e. The minimum atomic E-state index is -0.279. The van der Waals surface area contributed by atoms with Gasteiger partial charge in [0.1, 0.15) is 12.4 Å². The molecule has 7 heteroatoms. The highest BCUT2D eigenvalue weighted by Crippen LogP contribution is 2.33. The highest BCUT2D eigenvalue weighted by molar-refractivity contribution is 14.1. The Labute approximate surface area is 283 Å². The zero-order valence-electron chi connectivity index (χ0n) is 23.5. The molecule has 0 aliphatic rings. The number of amides is 1. The van der Waals surface area contributed by atoms with Crippen LogP contribution >= 0.6 is 45.2 Å². The third-order valence-electron chi connectivity index (χ3n) is 7.03. The maximum Gasteiger partial charge on any atom is 0.271 e. The van der Waals surface area contributed by atoms with Gasteiger partial charge in [-0.25, -0.2) is 5.43 Å². The first-order chi connectivity index (χ1) is 21.6. The molecule has 1 aromatic heterocycles. The summed E-state index contributed by atoms with van der Waals surface area (Å²) < 4.78 is 10.3. The third kappa shape index (κ3) is 6.95. The van der Waals surface area contributed by atoms with Crippen molar-refractivity contribution in [3.63, 3.8) is 0 Å². The molecule has 1 heterocycles. The van der Waals surface area contributed by atoms with Gasteiger partial charge in [0.25, 0.3) is 5.91 Å². The van der Waals surface area contributed by atoms with Crippen LogP contribution in [0.2, 0.25) is 0 Å². The van der Waals surface area contributed by atoms with E-state index in [1.165, 1.54) is 0 Å². The third-order valence-corrected chi connectivity index (χ3v) is 8.64. The second kappa shape index (κ2) is 14.0. The van der Waals surface area contributed by atoms with Crippen LogP contribution in [0.1, 0.15) is 21.5 Å². The summed E-state index contributed by atoms with van der Waals surface area (Å²) in [6.45, 7) is 0.501. The Hall–Kier alpha value is -4.22. The molecular formula is C37H27I2N3O2. The standard InChI is InChI=1S/C37H27I2N3O2/c38-32-22-27(23-33(39)36(32)44-25-26-10-4-1-5-11-26)24-40-41-37(43)30-16-18-31(19-17-30)42-34(28-12-6-2-7-13-28)20-21-35(42)29-14-8-3-9-15-29/h1-24H,25H2,(H,41,43)/b40-24-. The van der Waals surface area contributed by atoms with Crippen LogP contribution in [0.4, 0.5) is 0 Å². The quantitative estimate of drug-likeness (QED) is 0.0901. The zero-order valence-corrected chi connectivity index (χ0v) is 27.8. The van der Waals surface area contributed by atoms with Gasteiger partial charge < -0.3 is 9.30 Å². The van der Waals surface area contributed by atoms with Crippen molar-refractivity contribution >= 4 is 57.3 Å². The minimum absolute atomic E-state index is 0.279.